The number of carbonyl (C=O) groups excluding carboxylic acids is 2. The highest BCUT2D eigenvalue weighted by atomic mass is 32.1. The highest BCUT2D eigenvalue weighted by Crippen LogP contribution is 2.30. The highest BCUT2D eigenvalue weighted by Gasteiger charge is 2.26. The van der Waals surface area contributed by atoms with E-state index in [1.165, 1.54) is 11.3 Å². The molecule has 1 N–H and O–H groups in total. The Balaban J connectivity index is 1.62. The SMILES string of the molecule is Cc1ccc(N2CCCC2=O)c(C(=O)Nc2nc3c(s2)COCC3)c1. The number of anilines is 2. The van der Waals surface area contributed by atoms with Crippen molar-refractivity contribution < 1.29 is 14.3 Å². The number of fused-ring (bicyclic) bond motifs is 1. The predicted molar refractivity (Wildman–Crippen MR) is 96.2 cm³/mol. The van der Waals surface area contributed by atoms with E-state index in [9.17, 15) is 9.59 Å². The van der Waals surface area contributed by atoms with E-state index in [2.05, 4.69) is 10.3 Å². The molecule has 4 rings (SSSR count). The van der Waals surface area contributed by atoms with Crippen LogP contribution in [-0.2, 0) is 22.6 Å². The number of carbonyl (C=O) groups is 2. The van der Waals surface area contributed by atoms with Gasteiger partial charge >= 0.3 is 0 Å². The van der Waals surface area contributed by atoms with Gasteiger partial charge in [-0.15, -0.1) is 0 Å². The average molecular weight is 357 g/mol. The van der Waals surface area contributed by atoms with Crippen molar-refractivity contribution in [3.05, 3.63) is 39.9 Å². The normalized spacial score (nSPS) is 16.8. The molecule has 2 aliphatic rings. The molecule has 1 aromatic heterocycles. The summed E-state index contributed by atoms with van der Waals surface area (Å²) < 4.78 is 5.43. The van der Waals surface area contributed by atoms with Crippen LogP contribution in [0.25, 0.3) is 0 Å². The number of nitrogens with one attached hydrogen (secondary N) is 1. The van der Waals surface area contributed by atoms with Gasteiger partial charge in [0.15, 0.2) is 5.13 Å². The van der Waals surface area contributed by atoms with Crippen molar-refractivity contribution in [2.45, 2.75) is 32.8 Å². The summed E-state index contributed by atoms with van der Waals surface area (Å²) in [6.07, 6.45) is 2.14. The fraction of sp³-hybridized carbons (Fsp3) is 0.389. The van der Waals surface area contributed by atoms with Gasteiger partial charge in [0.25, 0.3) is 5.91 Å². The molecule has 0 spiro atoms. The van der Waals surface area contributed by atoms with E-state index in [1.54, 1.807) is 4.90 Å². The van der Waals surface area contributed by atoms with Crippen molar-refractivity contribution in [2.24, 2.45) is 0 Å². The summed E-state index contributed by atoms with van der Waals surface area (Å²) in [7, 11) is 0. The molecule has 1 fully saturated rings. The molecule has 0 aliphatic carbocycles. The smallest absolute Gasteiger partial charge is 0.259 e. The standard InChI is InChI=1S/C18H19N3O3S/c1-11-4-5-14(21-7-2-3-16(21)22)12(9-11)17(23)20-18-19-13-6-8-24-10-15(13)25-18/h4-5,9H,2-3,6-8,10H2,1H3,(H,19,20,23). The summed E-state index contributed by atoms with van der Waals surface area (Å²) in [4.78, 5) is 32.2. The van der Waals surface area contributed by atoms with Crippen LogP contribution in [0.2, 0.25) is 0 Å². The molecule has 2 amide bonds. The van der Waals surface area contributed by atoms with Gasteiger partial charge in [-0.3, -0.25) is 14.9 Å². The van der Waals surface area contributed by atoms with Gasteiger partial charge in [0.05, 0.1) is 35.0 Å². The van der Waals surface area contributed by atoms with Crippen LogP contribution in [0.5, 0.6) is 0 Å². The van der Waals surface area contributed by atoms with E-state index >= 15 is 0 Å². The summed E-state index contributed by atoms with van der Waals surface area (Å²) >= 11 is 1.45. The van der Waals surface area contributed by atoms with Crippen LogP contribution in [0.3, 0.4) is 0 Å². The molecule has 2 aromatic rings. The maximum Gasteiger partial charge on any atom is 0.259 e. The van der Waals surface area contributed by atoms with Gasteiger partial charge < -0.3 is 9.64 Å². The van der Waals surface area contributed by atoms with Crippen LogP contribution in [-0.4, -0.2) is 29.9 Å². The minimum Gasteiger partial charge on any atom is -0.375 e. The summed E-state index contributed by atoms with van der Waals surface area (Å²) in [5.41, 5.74) is 3.17. The first kappa shape index (κ1) is 16.2. The molecule has 2 aliphatic heterocycles. The topological polar surface area (TPSA) is 71.5 Å². The summed E-state index contributed by atoms with van der Waals surface area (Å²) in [6.45, 7) is 3.82. The van der Waals surface area contributed by atoms with Gasteiger partial charge in [0.1, 0.15) is 0 Å². The van der Waals surface area contributed by atoms with Crippen LogP contribution in [0.4, 0.5) is 10.8 Å². The molecular formula is C18H19N3O3S. The lowest BCUT2D eigenvalue weighted by Crippen LogP contribution is -2.27. The number of hydrogen-bond acceptors (Lipinski definition) is 5. The van der Waals surface area contributed by atoms with Crippen molar-refractivity contribution >= 4 is 34.0 Å². The maximum atomic E-state index is 12.8. The van der Waals surface area contributed by atoms with Crippen molar-refractivity contribution in [1.82, 2.24) is 4.98 Å². The van der Waals surface area contributed by atoms with Crippen LogP contribution in [0.15, 0.2) is 18.2 Å². The number of nitrogens with zero attached hydrogens (tertiary/aromatic N) is 2. The molecule has 130 valence electrons. The first-order valence-corrected chi connectivity index (χ1v) is 9.22. The largest absolute Gasteiger partial charge is 0.375 e. The highest BCUT2D eigenvalue weighted by molar-refractivity contribution is 7.15. The Morgan fingerprint density at radius 1 is 1.36 bits per heavy atom. The third-order valence-corrected chi connectivity index (χ3v) is 5.46. The number of aryl methyl sites for hydroxylation is 1. The quantitative estimate of drug-likeness (QED) is 0.917. The summed E-state index contributed by atoms with van der Waals surface area (Å²) in [5, 5.41) is 3.48. The number of ether oxygens (including phenoxy) is 1. The predicted octanol–water partition coefficient (Wildman–Crippen LogP) is 2.90. The number of amides is 2. The van der Waals surface area contributed by atoms with Gasteiger partial charge in [-0.2, -0.15) is 0 Å². The van der Waals surface area contributed by atoms with Crippen LogP contribution in [0.1, 0.15) is 39.3 Å². The molecule has 0 atom stereocenters. The van der Waals surface area contributed by atoms with Crippen molar-refractivity contribution in [2.75, 3.05) is 23.4 Å². The Bertz CT molecular complexity index is 823. The summed E-state index contributed by atoms with van der Waals surface area (Å²) in [6, 6.07) is 5.61. The Morgan fingerprint density at radius 3 is 3.00 bits per heavy atom. The fourth-order valence-electron chi connectivity index (χ4n) is 3.21. The lowest BCUT2D eigenvalue weighted by Gasteiger charge is -2.19. The third kappa shape index (κ3) is 3.17. The molecule has 0 bridgehead atoms. The molecule has 0 saturated carbocycles. The van der Waals surface area contributed by atoms with Crippen LogP contribution >= 0.6 is 11.3 Å². The zero-order valence-electron chi connectivity index (χ0n) is 14.0. The number of benzene rings is 1. The molecule has 25 heavy (non-hydrogen) atoms. The number of hydrogen-bond donors (Lipinski definition) is 1. The zero-order valence-corrected chi connectivity index (χ0v) is 14.8. The molecule has 3 heterocycles. The molecule has 1 saturated heterocycles. The fourth-order valence-corrected chi connectivity index (χ4v) is 4.15. The van der Waals surface area contributed by atoms with Gasteiger partial charge in [0.2, 0.25) is 5.91 Å². The van der Waals surface area contributed by atoms with Crippen molar-refractivity contribution in [1.29, 1.82) is 0 Å². The van der Waals surface area contributed by atoms with E-state index in [0.717, 1.165) is 29.0 Å². The van der Waals surface area contributed by atoms with Gasteiger partial charge in [0, 0.05) is 19.4 Å². The van der Waals surface area contributed by atoms with E-state index in [4.69, 9.17) is 4.74 Å². The summed E-state index contributed by atoms with van der Waals surface area (Å²) in [5.74, 6) is -0.162. The van der Waals surface area contributed by atoms with E-state index in [-0.39, 0.29) is 11.8 Å². The molecule has 0 unspecified atom stereocenters. The molecule has 1 aromatic carbocycles. The van der Waals surface area contributed by atoms with E-state index in [0.29, 0.717) is 42.6 Å². The lowest BCUT2D eigenvalue weighted by molar-refractivity contribution is -0.117. The molecule has 6 nitrogen and oxygen atoms in total. The third-order valence-electron chi connectivity index (χ3n) is 4.48. The Hall–Kier alpha value is -2.25. The Kier molecular flexibility index (Phi) is 4.27. The van der Waals surface area contributed by atoms with Crippen LogP contribution in [0, 0.1) is 6.92 Å². The van der Waals surface area contributed by atoms with Crippen molar-refractivity contribution in [3.8, 4) is 0 Å². The second-order valence-electron chi connectivity index (χ2n) is 6.32. The minimum absolute atomic E-state index is 0.0692. The van der Waals surface area contributed by atoms with E-state index in [1.807, 2.05) is 25.1 Å². The second-order valence-corrected chi connectivity index (χ2v) is 7.40. The maximum absolute atomic E-state index is 12.8. The monoisotopic (exact) mass is 357 g/mol. The second kappa shape index (κ2) is 6.57. The lowest BCUT2D eigenvalue weighted by atomic mass is 10.1. The minimum atomic E-state index is -0.231. The number of rotatable bonds is 3. The first-order chi connectivity index (χ1) is 12.1. The average Bonchev–Trinajstić information content (AvgIpc) is 3.20. The zero-order chi connectivity index (χ0) is 17.4. The van der Waals surface area contributed by atoms with E-state index < -0.39 is 0 Å². The molecular weight excluding hydrogens is 338 g/mol. The number of thiazole rings is 1. The van der Waals surface area contributed by atoms with Gasteiger partial charge in [-0.25, -0.2) is 4.98 Å². The first-order valence-electron chi connectivity index (χ1n) is 8.40. The Morgan fingerprint density at radius 2 is 2.24 bits per heavy atom. The van der Waals surface area contributed by atoms with Gasteiger partial charge in [-0.1, -0.05) is 23.0 Å². The molecule has 7 heteroatoms. The Labute approximate surface area is 149 Å². The molecule has 0 radical (unpaired) electrons. The number of aromatic nitrogens is 1. The van der Waals surface area contributed by atoms with Crippen molar-refractivity contribution in [3.63, 3.8) is 0 Å². The van der Waals surface area contributed by atoms with Crippen LogP contribution < -0.4 is 10.2 Å². The van der Waals surface area contributed by atoms with Gasteiger partial charge in [-0.05, 0) is 25.5 Å².